The van der Waals surface area contributed by atoms with E-state index in [-0.39, 0.29) is 0 Å². The van der Waals surface area contributed by atoms with Gasteiger partial charge in [0.25, 0.3) is 0 Å². The highest BCUT2D eigenvalue weighted by molar-refractivity contribution is 6.30. The van der Waals surface area contributed by atoms with Gasteiger partial charge >= 0.3 is 12.1 Å². The lowest BCUT2D eigenvalue weighted by Crippen LogP contribution is -2.30. The molecule has 0 fully saturated rings. The number of nitrogens with zero attached hydrogens (tertiary/aromatic N) is 4. The molecule has 1 atom stereocenters. The maximum atomic E-state index is 13.7. The number of rotatable bonds is 8. The van der Waals surface area contributed by atoms with Gasteiger partial charge in [0.05, 0.1) is 25.5 Å². The van der Waals surface area contributed by atoms with Crippen LogP contribution in [-0.4, -0.2) is 51.0 Å². The first-order valence-electron chi connectivity index (χ1n) is 14.3. The molecule has 3 heterocycles. The first kappa shape index (κ1) is 30.6. The second kappa shape index (κ2) is 12.4. The van der Waals surface area contributed by atoms with Crippen molar-refractivity contribution in [3.8, 4) is 11.1 Å². The minimum absolute atomic E-state index is 0.597. The minimum atomic E-state index is -1.16. The van der Waals surface area contributed by atoms with E-state index in [1.54, 1.807) is 4.68 Å². The number of methoxy groups -OCH3 is 1. The maximum Gasteiger partial charge on any atom is 0.510 e. The van der Waals surface area contributed by atoms with E-state index in [9.17, 15) is 9.59 Å². The molecule has 0 spiro atoms. The standard InChI is InChI=1S/C32H37ClN4O6/c1-19-25(28(43-32(2,3)4)30(38)41-18-42-31(39)40-6)26(21-11-13-22(33)14-12-21)27-23-9-7-8-10-24(23)37(29(27)35-19)17-20-15-34-36(5)16-20/h11-16,28H,7-10,17-18H2,1-6H3/t28-/m0/s1. The zero-order chi connectivity index (χ0) is 30.9. The maximum absolute atomic E-state index is 13.7. The van der Waals surface area contributed by atoms with Crippen LogP contribution in [0.15, 0.2) is 36.7 Å². The summed E-state index contributed by atoms with van der Waals surface area (Å²) in [6.07, 6.45) is 5.73. The predicted octanol–water partition coefficient (Wildman–Crippen LogP) is 6.47. The van der Waals surface area contributed by atoms with Gasteiger partial charge in [-0.15, -0.1) is 0 Å². The number of carbonyl (C=O) groups is 2. The van der Waals surface area contributed by atoms with Crippen molar-refractivity contribution < 1.29 is 28.5 Å². The van der Waals surface area contributed by atoms with Crippen LogP contribution >= 0.6 is 11.6 Å². The van der Waals surface area contributed by atoms with Crippen LogP contribution in [0.3, 0.4) is 0 Å². The smallest absolute Gasteiger partial charge is 0.438 e. The summed E-state index contributed by atoms with van der Waals surface area (Å²) in [7, 11) is 3.09. The van der Waals surface area contributed by atoms with Crippen LogP contribution in [0.4, 0.5) is 4.79 Å². The molecule has 0 unspecified atom stereocenters. The molecule has 0 amide bonds. The van der Waals surface area contributed by atoms with E-state index in [2.05, 4.69) is 14.4 Å². The summed E-state index contributed by atoms with van der Waals surface area (Å²) in [5.74, 6) is -0.707. The first-order chi connectivity index (χ1) is 20.5. The Bertz CT molecular complexity index is 1650. The Labute approximate surface area is 255 Å². The van der Waals surface area contributed by atoms with Crippen molar-refractivity contribution in [3.63, 3.8) is 0 Å². The van der Waals surface area contributed by atoms with Crippen molar-refractivity contribution in [2.75, 3.05) is 13.9 Å². The number of carbonyl (C=O) groups excluding carboxylic acids is 2. The fraction of sp³-hybridized carbons (Fsp3) is 0.438. The molecule has 5 rings (SSSR count). The summed E-state index contributed by atoms with van der Waals surface area (Å²) in [5.41, 5.74) is 6.61. The molecule has 1 aliphatic carbocycles. The SMILES string of the molecule is COC(=O)OCOC(=O)[C@@H](OC(C)(C)C)c1c(C)nc2c(c3c(n2Cc2cnn(C)c2)CCCC3)c1-c1ccc(Cl)cc1. The molecule has 1 aliphatic rings. The van der Waals surface area contributed by atoms with Crippen LogP contribution in [0.5, 0.6) is 0 Å². The molecule has 43 heavy (non-hydrogen) atoms. The zero-order valence-corrected chi connectivity index (χ0v) is 26.2. The third-order valence-electron chi connectivity index (χ3n) is 7.45. The highest BCUT2D eigenvalue weighted by Crippen LogP contribution is 2.44. The van der Waals surface area contributed by atoms with E-state index < -0.39 is 30.6 Å². The average molecular weight is 609 g/mol. The van der Waals surface area contributed by atoms with E-state index in [1.165, 1.54) is 18.4 Å². The molecule has 0 saturated heterocycles. The molecule has 0 N–H and O–H groups in total. The number of hydrogen-bond donors (Lipinski definition) is 0. The van der Waals surface area contributed by atoms with Crippen molar-refractivity contribution in [3.05, 3.63) is 69.8 Å². The van der Waals surface area contributed by atoms with Gasteiger partial charge in [-0.25, -0.2) is 14.6 Å². The lowest BCUT2D eigenvalue weighted by molar-refractivity contribution is -0.176. The van der Waals surface area contributed by atoms with Crippen molar-refractivity contribution >= 4 is 34.8 Å². The van der Waals surface area contributed by atoms with Gasteiger partial charge in [-0.2, -0.15) is 5.10 Å². The van der Waals surface area contributed by atoms with Crippen molar-refractivity contribution in [2.24, 2.45) is 7.05 Å². The number of ether oxygens (including phenoxy) is 4. The van der Waals surface area contributed by atoms with Crippen molar-refractivity contribution in [1.82, 2.24) is 19.3 Å². The lowest BCUT2D eigenvalue weighted by atomic mass is 9.88. The fourth-order valence-corrected chi connectivity index (χ4v) is 5.89. The van der Waals surface area contributed by atoms with Gasteiger partial charge in [0.15, 0.2) is 6.10 Å². The number of esters is 1. The van der Waals surface area contributed by atoms with Crippen LogP contribution in [0.2, 0.25) is 5.02 Å². The minimum Gasteiger partial charge on any atom is -0.438 e. The van der Waals surface area contributed by atoms with Crippen molar-refractivity contribution in [1.29, 1.82) is 0 Å². The molecule has 11 heteroatoms. The quantitative estimate of drug-likeness (QED) is 0.166. The van der Waals surface area contributed by atoms with Gasteiger partial charge in [0.2, 0.25) is 6.79 Å². The molecule has 4 aromatic rings. The summed E-state index contributed by atoms with van der Waals surface area (Å²) >= 11 is 6.32. The summed E-state index contributed by atoms with van der Waals surface area (Å²) < 4.78 is 25.2. The number of hydrogen-bond acceptors (Lipinski definition) is 8. The second-order valence-corrected chi connectivity index (χ2v) is 12.2. The van der Waals surface area contributed by atoms with Crippen molar-refractivity contribution in [2.45, 2.75) is 71.6 Å². The van der Waals surface area contributed by atoms with Gasteiger partial charge in [-0.05, 0) is 76.6 Å². The molecule has 0 saturated carbocycles. The summed E-state index contributed by atoms with van der Waals surface area (Å²) in [5, 5.41) is 5.97. The fourth-order valence-electron chi connectivity index (χ4n) is 5.76. The van der Waals surface area contributed by atoms with Gasteiger partial charge in [0.1, 0.15) is 5.65 Å². The van der Waals surface area contributed by atoms with E-state index in [1.807, 2.05) is 71.4 Å². The number of benzene rings is 1. The predicted molar refractivity (Wildman–Crippen MR) is 162 cm³/mol. The van der Waals surface area contributed by atoms with Gasteiger partial charge in [-0.1, -0.05) is 23.7 Å². The van der Waals surface area contributed by atoms with Gasteiger partial charge in [-0.3, -0.25) is 4.68 Å². The Balaban J connectivity index is 1.76. The molecular weight excluding hydrogens is 572 g/mol. The van der Waals surface area contributed by atoms with E-state index in [0.29, 0.717) is 22.8 Å². The highest BCUT2D eigenvalue weighted by Gasteiger charge is 2.36. The van der Waals surface area contributed by atoms with Gasteiger partial charge < -0.3 is 23.5 Å². The molecule has 1 aromatic carbocycles. The Kier molecular flexibility index (Phi) is 8.80. The third kappa shape index (κ3) is 6.55. The monoisotopic (exact) mass is 608 g/mol. The highest BCUT2D eigenvalue weighted by atomic mass is 35.5. The largest absolute Gasteiger partial charge is 0.510 e. The number of halogens is 1. The van der Waals surface area contributed by atoms with Crippen LogP contribution in [0, 0.1) is 6.92 Å². The van der Waals surface area contributed by atoms with E-state index in [0.717, 1.165) is 53.4 Å². The zero-order valence-electron chi connectivity index (χ0n) is 25.4. The molecule has 0 bridgehead atoms. The molecular formula is C32H37ClN4O6. The van der Waals surface area contributed by atoms with Crippen LogP contribution in [0.1, 0.15) is 67.8 Å². The summed E-state index contributed by atoms with van der Waals surface area (Å²) in [6, 6.07) is 7.58. The molecule has 0 aliphatic heterocycles. The Hall–Kier alpha value is -3.89. The number of pyridine rings is 1. The first-order valence-corrected chi connectivity index (χ1v) is 14.7. The lowest BCUT2D eigenvalue weighted by Gasteiger charge is -2.29. The van der Waals surface area contributed by atoms with E-state index in [4.69, 9.17) is 30.8 Å². The number of fused-ring (bicyclic) bond motifs is 3. The molecule has 10 nitrogen and oxygen atoms in total. The molecule has 3 aromatic heterocycles. The number of aromatic nitrogens is 4. The van der Waals surface area contributed by atoms with Crippen LogP contribution in [0.25, 0.3) is 22.2 Å². The summed E-state index contributed by atoms with van der Waals surface area (Å²) in [4.78, 5) is 30.4. The second-order valence-electron chi connectivity index (χ2n) is 11.7. The topological polar surface area (TPSA) is 107 Å². The summed E-state index contributed by atoms with van der Waals surface area (Å²) in [6.45, 7) is 7.50. The third-order valence-corrected chi connectivity index (χ3v) is 7.70. The average Bonchev–Trinajstić information content (AvgIpc) is 3.51. The number of aryl methyl sites for hydroxylation is 3. The van der Waals surface area contributed by atoms with Gasteiger partial charge in [0, 0.05) is 51.7 Å². The molecule has 228 valence electrons. The Morgan fingerprint density at radius 2 is 1.81 bits per heavy atom. The van der Waals surface area contributed by atoms with Crippen LogP contribution in [-0.2, 0) is 50.2 Å². The Morgan fingerprint density at radius 1 is 1.09 bits per heavy atom. The van der Waals surface area contributed by atoms with Crippen LogP contribution < -0.4 is 0 Å². The molecule has 0 radical (unpaired) electrons. The normalized spacial score (nSPS) is 13.9. The Morgan fingerprint density at radius 3 is 2.47 bits per heavy atom. The van der Waals surface area contributed by atoms with E-state index >= 15 is 0 Å².